The number of hydrazine groups is 1. The Balaban J connectivity index is 2.37. The van der Waals surface area contributed by atoms with Crippen molar-refractivity contribution in [2.24, 2.45) is 5.84 Å². The highest BCUT2D eigenvalue weighted by atomic mass is 19.4. The fraction of sp³-hybridized carbons (Fsp3) is 0.500. The van der Waals surface area contributed by atoms with Gasteiger partial charge >= 0.3 is 6.18 Å². The van der Waals surface area contributed by atoms with E-state index in [4.69, 9.17) is 5.84 Å². The second-order valence-electron chi connectivity index (χ2n) is 5.42. The van der Waals surface area contributed by atoms with Gasteiger partial charge in [-0.2, -0.15) is 13.2 Å². The van der Waals surface area contributed by atoms with Crippen molar-refractivity contribution in [2.45, 2.75) is 50.7 Å². The van der Waals surface area contributed by atoms with Crippen molar-refractivity contribution in [3.63, 3.8) is 0 Å². The Morgan fingerprint density at radius 3 is 2.48 bits per heavy atom. The highest BCUT2D eigenvalue weighted by Gasteiger charge is 2.35. The zero-order valence-electron chi connectivity index (χ0n) is 11.9. The Labute approximate surface area is 123 Å². The van der Waals surface area contributed by atoms with Gasteiger partial charge in [0.1, 0.15) is 0 Å². The molecule has 2 rings (SSSR count). The van der Waals surface area contributed by atoms with Crippen LogP contribution in [0.25, 0.3) is 0 Å². The van der Waals surface area contributed by atoms with Crippen LogP contribution in [-0.2, 0) is 6.18 Å². The van der Waals surface area contributed by atoms with Gasteiger partial charge in [0.2, 0.25) is 0 Å². The number of hydrogen-bond donors (Lipinski definition) is 2. The molecule has 2 nitrogen and oxygen atoms in total. The Hall–Kier alpha value is -1.33. The molecule has 0 heterocycles. The first kappa shape index (κ1) is 16.0. The summed E-state index contributed by atoms with van der Waals surface area (Å²) in [6, 6.07) is 5.09. The van der Waals surface area contributed by atoms with Gasteiger partial charge in [0.05, 0.1) is 11.6 Å². The first-order chi connectivity index (χ1) is 10.0. The van der Waals surface area contributed by atoms with E-state index in [0.29, 0.717) is 0 Å². The molecule has 5 heteroatoms. The first-order valence-electron chi connectivity index (χ1n) is 7.35. The summed E-state index contributed by atoms with van der Waals surface area (Å²) in [5, 5.41) is 0. The summed E-state index contributed by atoms with van der Waals surface area (Å²) in [6.07, 6.45) is 3.77. The largest absolute Gasteiger partial charge is 0.416 e. The van der Waals surface area contributed by atoms with Crippen LogP contribution in [0.15, 0.2) is 35.9 Å². The molecule has 116 valence electrons. The Bertz CT molecular complexity index is 495. The highest BCUT2D eigenvalue weighted by molar-refractivity contribution is 5.37. The highest BCUT2D eigenvalue weighted by Crippen LogP contribution is 2.37. The zero-order valence-corrected chi connectivity index (χ0v) is 11.9. The molecule has 1 aliphatic carbocycles. The predicted molar refractivity (Wildman–Crippen MR) is 77.3 cm³/mol. The Kier molecular flexibility index (Phi) is 5.42. The van der Waals surface area contributed by atoms with Gasteiger partial charge in [-0.25, -0.2) is 5.43 Å². The lowest BCUT2D eigenvalue weighted by Crippen LogP contribution is -2.31. The molecule has 1 aromatic carbocycles. The Morgan fingerprint density at radius 2 is 1.76 bits per heavy atom. The smallest absolute Gasteiger partial charge is 0.271 e. The fourth-order valence-corrected chi connectivity index (χ4v) is 2.88. The quantitative estimate of drug-likeness (QED) is 0.490. The van der Waals surface area contributed by atoms with Gasteiger partial charge < -0.3 is 0 Å². The maximum absolute atomic E-state index is 13.2. The lowest BCUT2D eigenvalue weighted by molar-refractivity contribution is -0.138. The standard InChI is InChI=1S/C16H21F3N2/c17-16(18,19)14-11-7-6-10-13(14)15(21-20)12-8-4-2-1-3-5-9-12/h6-8,10-11,15,21H,1-5,9,20H2/b12-8+. The molecule has 21 heavy (non-hydrogen) atoms. The minimum absolute atomic E-state index is 0.208. The second-order valence-corrected chi connectivity index (χ2v) is 5.42. The summed E-state index contributed by atoms with van der Waals surface area (Å²) >= 11 is 0. The third-order valence-corrected chi connectivity index (χ3v) is 3.94. The van der Waals surface area contributed by atoms with Gasteiger partial charge in [-0.15, -0.1) is 0 Å². The molecular formula is C16H21F3N2. The van der Waals surface area contributed by atoms with Crippen LogP contribution >= 0.6 is 0 Å². The van der Waals surface area contributed by atoms with Crippen LogP contribution in [0.5, 0.6) is 0 Å². The van der Waals surface area contributed by atoms with Gasteiger partial charge in [-0.05, 0) is 37.3 Å². The van der Waals surface area contributed by atoms with E-state index in [0.717, 1.165) is 43.7 Å². The van der Waals surface area contributed by atoms with E-state index in [1.54, 1.807) is 6.07 Å². The zero-order chi connectivity index (χ0) is 15.3. The summed E-state index contributed by atoms with van der Waals surface area (Å²) in [5.41, 5.74) is 3.14. The molecule has 0 saturated carbocycles. The van der Waals surface area contributed by atoms with Crippen LogP contribution in [0.4, 0.5) is 13.2 Å². The average molecular weight is 298 g/mol. The molecule has 1 unspecified atom stereocenters. The number of rotatable bonds is 3. The molecule has 0 radical (unpaired) electrons. The van der Waals surface area contributed by atoms with Crippen molar-refractivity contribution < 1.29 is 13.2 Å². The van der Waals surface area contributed by atoms with Crippen molar-refractivity contribution in [3.05, 3.63) is 47.0 Å². The van der Waals surface area contributed by atoms with Crippen LogP contribution < -0.4 is 11.3 Å². The predicted octanol–water partition coefficient (Wildman–Crippen LogP) is 4.49. The van der Waals surface area contributed by atoms with Crippen molar-refractivity contribution in [1.82, 2.24) is 5.43 Å². The lowest BCUT2D eigenvalue weighted by atomic mass is 9.89. The van der Waals surface area contributed by atoms with E-state index < -0.39 is 17.8 Å². The summed E-state index contributed by atoms with van der Waals surface area (Å²) in [6.45, 7) is 0. The van der Waals surface area contributed by atoms with Gasteiger partial charge in [0, 0.05) is 0 Å². The van der Waals surface area contributed by atoms with Gasteiger partial charge in [-0.3, -0.25) is 5.84 Å². The third kappa shape index (κ3) is 4.08. The maximum atomic E-state index is 13.2. The molecular weight excluding hydrogens is 277 g/mol. The van der Waals surface area contributed by atoms with E-state index in [-0.39, 0.29) is 5.56 Å². The molecule has 0 aromatic heterocycles. The minimum Gasteiger partial charge on any atom is -0.271 e. The summed E-state index contributed by atoms with van der Waals surface area (Å²) in [4.78, 5) is 0. The molecule has 0 aliphatic heterocycles. The van der Waals surface area contributed by atoms with Crippen LogP contribution in [0.3, 0.4) is 0 Å². The van der Waals surface area contributed by atoms with Gasteiger partial charge in [-0.1, -0.05) is 42.7 Å². The summed E-state index contributed by atoms with van der Waals surface area (Å²) in [5.74, 6) is 5.58. The molecule has 0 amide bonds. The maximum Gasteiger partial charge on any atom is 0.416 e. The van der Waals surface area contributed by atoms with E-state index in [2.05, 4.69) is 11.5 Å². The average Bonchev–Trinajstić information content (AvgIpc) is 2.41. The normalized spacial score (nSPS) is 21.0. The van der Waals surface area contributed by atoms with Crippen LogP contribution in [0, 0.1) is 0 Å². The van der Waals surface area contributed by atoms with Crippen molar-refractivity contribution in [1.29, 1.82) is 0 Å². The first-order valence-corrected chi connectivity index (χ1v) is 7.35. The van der Waals surface area contributed by atoms with Crippen LogP contribution in [0.2, 0.25) is 0 Å². The molecule has 0 saturated heterocycles. The van der Waals surface area contributed by atoms with E-state index in [9.17, 15) is 13.2 Å². The molecule has 1 aromatic rings. The monoisotopic (exact) mass is 298 g/mol. The van der Waals surface area contributed by atoms with Crippen molar-refractivity contribution in [2.75, 3.05) is 0 Å². The Morgan fingerprint density at radius 1 is 1.05 bits per heavy atom. The van der Waals surface area contributed by atoms with Crippen LogP contribution in [-0.4, -0.2) is 0 Å². The topological polar surface area (TPSA) is 38.0 Å². The molecule has 3 N–H and O–H groups in total. The van der Waals surface area contributed by atoms with Crippen molar-refractivity contribution >= 4 is 0 Å². The lowest BCUT2D eigenvalue weighted by Gasteiger charge is -2.25. The van der Waals surface area contributed by atoms with Crippen LogP contribution in [0.1, 0.15) is 55.7 Å². The third-order valence-electron chi connectivity index (χ3n) is 3.94. The van der Waals surface area contributed by atoms with E-state index >= 15 is 0 Å². The molecule has 0 bridgehead atoms. The molecule has 0 fully saturated rings. The SMILES string of the molecule is NNC(/C1=C/CCCCCC1)c1ccccc1C(F)(F)F. The fourth-order valence-electron chi connectivity index (χ4n) is 2.88. The number of benzene rings is 1. The molecule has 0 spiro atoms. The number of hydrogen-bond acceptors (Lipinski definition) is 2. The summed E-state index contributed by atoms with van der Waals surface area (Å²) in [7, 11) is 0. The number of alkyl halides is 3. The molecule has 1 atom stereocenters. The number of nitrogens with two attached hydrogens (primary N) is 1. The van der Waals surface area contributed by atoms with Gasteiger partial charge in [0.15, 0.2) is 0 Å². The number of nitrogens with one attached hydrogen (secondary N) is 1. The van der Waals surface area contributed by atoms with Crippen molar-refractivity contribution in [3.8, 4) is 0 Å². The van der Waals surface area contributed by atoms with E-state index in [1.807, 2.05) is 0 Å². The number of halogens is 3. The minimum atomic E-state index is -4.37. The van der Waals surface area contributed by atoms with E-state index in [1.165, 1.54) is 18.6 Å². The molecule has 1 aliphatic rings. The van der Waals surface area contributed by atoms with Gasteiger partial charge in [0.25, 0.3) is 0 Å². The summed E-state index contributed by atoms with van der Waals surface area (Å²) < 4.78 is 39.5. The second kappa shape index (κ2) is 7.09. The number of allylic oxidation sites excluding steroid dienone is 1.